The Kier molecular flexibility index (Phi) is 7.92. The lowest BCUT2D eigenvalue weighted by Gasteiger charge is -2.14. The van der Waals surface area contributed by atoms with E-state index < -0.39 is 0 Å². The first-order valence-corrected chi connectivity index (χ1v) is 8.56. The Morgan fingerprint density at radius 2 is 1.88 bits per heavy atom. The van der Waals surface area contributed by atoms with Crippen LogP contribution in [0.5, 0.6) is 0 Å². The van der Waals surface area contributed by atoms with Gasteiger partial charge in [0, 0.05) is 26.7 Å². The van der Waals surface area contributed by atoms with Crippen LogP contribution in [0, 0.1) is 5.82 Å². The zero-order chi connectivity index (χ0) is 17.9. The Morgan fingerprint density at radius 1 is 1.08 bits per heavy atom. The van der Waals surface area contributed by atoms with Gasteiger partial charge in [-0.15, -0.1) is 0 Å². The van der Waals surface area contributed by atoms with Gasteiger partial charge in [-0.2, -0.15) is 0 Å². The fraction of sp³-hybridized carbons (Fsp3) is 0.350. The van der Waals surface area contributed by atoms with Gasteiger partial charge in [0.25, 0.3) is 0 Å². The van der Waals surface area contributed by atoms with Crippen LogP contribution in [0.15, 0.2) is 53.5 Å². The van der Waals surface area contributed by atoms with E-state index in [2.05, 4.69) is 27.8 Å². The Balaban J connectivity index is 1.82. The fourth-order valence-corrected chi connectivity index (χ4v) is 2.50. The van der Waals surface area contributed by atoms with Gasteiger partial charge < -0.3 is 15.4 Å². The fourth-order valence-electron chi connectivity index (χ4n) is 2.50. The van der Waals surface area contributed by atoms with Crippen molar-refractivity contribution in [2.45, 2.75) is 26.5 Å². The summed E-state index contributed by atoms with van der Waals surface area (Å²) in [4.78, 5) is 4.23. The van der Waals surface area contributed by atoms with Crippen LogP contribution >= 0.6 is 0 Å². The summed E-state index contributed by atoms with van der Waals surface area (Å²) in [5.41, 5.74) is 3.32. The molecule has 0 aromatic heterocycles. The van der Waals surface area contributed by atoms with E-state index in [1.165, 1.54) is 17.2 Å². The molecule has 2 aromatic carbocycles. The number of benzene rings is 2. The summed E-state index contributed by atoms with van der Waals surface area (Å²) in [7, 11) is 1.74. The van der Waals surface area contributed by atoms with E-state index in [1.54, 1.807) is 19.2 Å². The number of halogens is 1. The van der Waals surface area contributed by atoms with Crippen LogP contribution in [0.1, 0.15) is 23.6 Å². The minimum Gasteiger partial charge on any atom is -0.377 e. The third-order valence-electron chi connectivity index (χ3n) is 3.85. The highest BCUT2D eigenvalue weighted by Gasteiger charge is 2.04. The molecule has 4 nitrogen and oxygen atoms in total. The number of nitrogens with zero attached hydrogens (tertiary/aromatic N) is 1. The van der Waals surface area contributed by atoms with E-state index in [0.29, 0.717) is 26.3 Å². The predicted molar refractivity (Wildman–Crippen MR) is 100 cm³/mol. The van der Waals surface area contributed by atoms with Gasteiger partial charge in [0.15, 0.2) is 5.96 Å². The van der Waals surface area contributed by atoms with Crippen molar-refractivity contribution in [3.8, 4) is 0 Å². The summed E-state index contributed by atoms with van der Waals surface area (Å²) in [6.07, 6.45) is 0.736. The number of hydrogen-bond donors (Lipinski definition) is 2. The molecule has 0 saturated heterocycles. The highest BCUT2D eigenvalue weighted by Crippen LogP contribution is 2.10. The van der Waals surface area contributed by atoms with Crippen molar-refractivity contribution in [1.29, 1.82) is 0 Å². The van der Waals surface area contributed by atoms with Gasteiger partial charge in [0.1, 0.15) is 5.82 Å². The molecule has 0 heterocycles. The first-order chi connectivity index (χ1) is 12.2. The van der Waals surface area contributed by atoms with Gasteiger partial charge in [-0.3, -0.25) is 4.99 Å². The predicted octanol–water partition coefficient (Wildman–Crippen LogP) is 3.27. The molecule has 0 unspecified atom stereocenters. The van der Waals surface area contributed by atoms with E-state index in [0.717, 1.165) is 17.9 Å². The van der Waals surface area contributed by atoms with Crippen LogP contribution in [-0.4, -0.2) is 26.2 Å². The SMILES string of the molecule is CCOCc1ccccc1CNC(=NC)NCCc1cccc(F)c1. The van der Waals surface area contributed by atoms with Crippen molar-refractivity contribution >= 4 is 5.96 Å². The number of hydrogen-bond acceptors (Lipinski definition) is 2. The van der Waals surface area contributed by atoms with E-state index in [9.17, 15) is 4.39 Å². The number of nitrogens with one attached hydrogen (secondary N) is 2. The third kappa shape index (κ3) is 6.55. The molecule has 0 bridgehead atoms. The standard InChI is InChI=1S/C20H26FN3O/c1-3-25-15-18-9-5-4-8-17(18)14-24-20(22-2)23-12-11-16-7-6-10-19(21)13-16/h4-10,13H,3,11-12,14-15H2,1-2H3,(H2,22,23,24). The maximum atomic E-state index is 13.2. The van der Waals surface area contributed by atoms with E-state index in [-0.39, 0.29) is 5.82 Å². The van der Waals surface area contributed by atoms with Gasteiger partial charge in [0.2, 0.25) is 0 Å². The minimum absolute atomic E-state index is 0.203. The number of guanidine groups is 1. The van der Waals surface area contributed by atoms with Crippen LogP contribution in [0.3, 0.4) is 0 Å². The Morgan fingerprint density at radius 3 is 2.60 bits per heavy atom. The van der Waals surface area contributed by atoms with Crippen LogP contribution in [0.4, 0.5) is 4.39 Å². The Bertz CT molecular complexity index is 688. The number of ether oxygens (including phenoxy) is 1. The molecule has 0 spiro atoms. The smallest absolute Gasteiger partial charge is 0.191 e. The molecule has 2 N–H and O–H groups in total. The molecular formula is C20H26FN3O. The maximum absolute atomic E-state index is 13.2. The average Bonchev–Trinajstić information content (AvgIpc) is 2.63. The van der Waals surface area contributed by atoms with Crippen LogP contribution in [-0.2, 0) is 24.3 Å². The summed E-state index contributed by atoms with van der Waals surface area (Å²) >= 11 is 0. The van der Waals surface area contributed by atoms with Crippen LogP contribution < -0.4 is 10.6 Å². The summed E-state index contributed by atoms with van der Waals surface area (Å²) in [6.45, 7) is 4.66. The summed E-state index contributed by atoms with van der Waals surface area (Å²) in [5.74, 6) is 0.522. The monoisotopic (exact) mass is 343 g/mol. The highest BCUT2D eigenvalue weighted by atomic mass is 19.1. The molecule has 134 valence electrons. The van der Waals surface area contributed by atoms with E-state index in [4.69, 9.17) is 4.74 Å². The Hall–Kier alpha value is -2.40. The van der Waals surface area contributed by atoms with Gasteiger partial charge in [-0.25, -0.2) is 4.39 Å². The van der Waals surface area contributed by atoms with Gasteiger partial charge in [-0.05, 0) is 42.2 Å². The Labute approximate surface area is 149 Å². The molecule has 5 heteroatoms. The van der Waals surface area contributed by atoms with Crippen molar-refractivity contribution in [3.63, 3.8) is 0 Å². The van der Waals surface area contributed by atoms with Gasteiger partial charge >= 0.3 is 0 Å². The van der Waals surface area contributed by atoms with Crippen molar-refractivity contribution in [2.24, 2.45) is 4.99 Å². The zero-order valence-corrected chi connectivity index (χ0v) is 14.9. The van der Waals surface area contributed by atoms with Crippen molar-refractivity contribution in [1.82, 2.24) is 10.6 Å². The van der Waals surface area contributed by atoms with Crippen molar-refractivity contribution in [3.05, 3.63) is 71.0 Å². The average molecular weight is 343 g/mol. The molecule has 0 fully saturated rings. The second-order valence-electron chi connectivity index (χ2n) is 5.64. The van der Waals surface area contributed by atoms with Crippen LogP contribution in [0.25, 0.3) is 0 Å². The summed E-state index contributed by atoms with van der Waals surface area (Å²) in [6, 6.07) is 14.9. The molecule has 0 radical (unpaired) electrons. The minimum atomic E-state index is -0.203. The van der Waals surface area contributed by atoms with Crippen LogP contribution in [0.2, 0.25) is 0 Å². The molecule has 0 atom stereocenters. The first kappa shape index (κ1) is 18.9. The molecule has 0 amide bonds. The van der Waals surface area contributed by atoms with Crippen molar-refractivity contribution in [2.75, 3.05) is 20.2 Å². The van der Waals surface area contributed by atoms with E-state index in [1.807, 2.05) is 25.1 Å². The molecule has 2 aromatic rings. The van der Waals surface area contributed by atoms with Gasteiger partial charge in [0.05, 0.1) is 6.61 Å². The molecule has 0 saturated carbocycles. The lowest BCUT2D eigenvalue weighted by molar-refractivity contribution is 0.133. The second kappa shape index (κ2) is 10.5. The lowest BCUT2D eigenvalue weighted by Crippen LogP contribution is -2.38. The molecule has 2 rings (SSSR count). The number of rotatable bonds is 8. The summed E-state index contributed by atoms with van der Waals surface area (Å²) in [5, 5.41) is 6.56. The quantitative estimate of drug-likeness (QED) is 0.571. The topological polar surface area (TPSA) is 45.6 Å². The molecule has 0 aliphatic carbocycles. The third-order valence-corrected chi connectivity index (χ3v) is 3.85. The van der Waals surface area contributed by atoms with E-state index >= 15 is 0 Å². The molecular weight excluding hydrogens is 317 g/mol. The molecule has 25 heavy (non-hydrogen) atoms. The molecule has 0 aliphatic rings. The normalized spacial score (nSPS) is 11.4. The van der Waals surface area contributed by atoms with Crippen molar-refractivity contribution < 1.29 is 9.13 Å². The molecule has 0 aliphatic heterocycles. The highest BCUT2D eigenvalue weighted by molar-refractivity contribution is 5.79. The lowest BCUT2D eigenvalue weighted by atomic mass is 10.1. The zero-order valence-electron chi connectivity index (χ0n) is 14.9. The number of aliphatic imine (C=N–C) groups is 1. The summed E-state index contributed by atoms with van der Waals surface area (Å²) < 4.78 is 18.7. The maximum Gasteiger partial charge on any atom is 0.191 e. The first-order valence-electron chi connectivity index (χ1n) is 8.56. The van der Waals surface area contributed by atoms with Gasteiger partial charge in [-0.1, -0.05) is 36.4 Å². The largest absolute Gasteiger partial charge is 0.377 e. The second-order valence-corrected chi connectivity index (χ2v) is 5.64.